The second kappa shape index (κ2) is 9.15. The molecule has 0 spiro atoms. The standard InChI is InChI=1S/C18H30N2/c1-2-12-19-13-11-17-9-5-6-10-18(17)16-20-14-7-3-4-8-15-20/h5-6,9-10,19H,2-4,7-8,11-16H2,1H3. The predicted molar refractivity (Wildman–Crippen MR) is 87.1 cm³/mol. The quantitative estimate of drug-likeness (QED) is 0.764. The first-order valence-corrected chi connectivity index (χ1v) is 8.40. The van der Waals surface area contributed by atoms with Crippen LogP contribution in [0.4, 0.5) is 0 Å². The fraction of sp³-hybridized carbons (Fsp3) is 0.667. The van der Waals surface area contributed by atoms with Crippen molar-refractivity contribution in [1.82, 2.24) is 10.2 Å². The average molecular weight is 274 g/mol. The fourth-order valence-corrected chi connectivity index (χ4v) is 3.02. The SMILES string of the molecule is CCCNCCc1ccccc1CN1CCCCCC1. The molecule has 1 aromatic carbocycles. The maximum absolute atomic E-state index is 3.51. The molecule has 0 aliphatic carbocycles. The third-order valence-corrected chi connectivity index (χ3v) is 4.21. The summed E-state index contributed by atoms with van der Waals surface area (Å²) in [5.74, 6) is 0. The van der Waals surface area contributed by atoms with E-state index in [4.69, 9.17) is 0 Å². The minimum Gasteiger partial charge on any atom is -0.316 e. The summed E-state index contributed by atoms with van der Waals surface area (Å²) in [4.78, 5) is 2.64. The second-order valence-corrected chi connectivity index (χ2v) is 5.96. The van der Waals surface area contributed by atoms with E-state index in [1.165, 1.54) is 56.3 Å². The molecular formula is C18H30N2. The number of likely N-dealkylation sites (tertiary alicyclic amines) is 1. The zero-order valence-electron chi connectivity index (χ0n) is 13.0. The molecule has 0 aromatic heterocycles. The smallest absolute Gasteiger partial charge is 0.0236 e. The van der Waals surface area contributed by atoms with Crippen molar-refractivity contribution < 1.29 is 0 Å². The van der Waals surface area contributed by atoms with E-state index >= 15 is 0 Å². The average Bonchev–Trinajstić information content (AvgIpc) is 2.74. The monoisotopic (exact) mass is 274 g/mol. The lowest BCUT2D eigenvalue weighted by Gasteiger charge is -2.21. The highest BCUT2D eigenvalue weighted by Crippen LogP contribution is 2.16. The Morgan fingerprint density at radius 2 is 1.65 bits per heavy atom. The molecule has 112 valence electrons. The Hall–Kier alpha value is -0.860. The van der Waals surface area contributed by atoms with Crippen molar-refractivity contribution in [3.63, 3.8) is 0 Å². The number of nitrogens with zero attached hydrogens (tertiary/aromatic N) is 1. The summed E-state index contributed by atoms with van der Waals surface area (Å²) in [6, 6.07) is 9.00. The van der Waals surface area contributed by atoms with E-state index in [-0.39, 0.29) is 0 Å². The van der Waals surface area contributed by atoms with Crippen LogP contribution in [0.25, 0.3) is 0 Å². The minimum atomic E-state index is 1.10. The zero-order valence-corrected chi connectivity index (χ0v) is 13.0. The van der Waals surface area contributed by atoms with Gasteiger partial charge in [-0.15, -0.1) is 0 Å². The van der Waals surface area contributed by atoms with Crippen LogP contribution in [0.1, 0.15) is 50.2 Å². The molecule has 1 fully saturated rings. The van der Waals surface area contributed by atoms with E-state index in [0.717, 1.165) is 26.1 Å². The van der Waals surface area contributed by atoms with Crippen LogP contribution in [0.5, 0.6) is 0 Å². The number of rotatable bonds is 7. The molecule has 0 radical (unpaired) electrons. The molecule has 0 amide bonds. The van der Waals surface area contributed by atoms with Gasteiger partial charge in [-0.25, -0.2) is 0 Å². The van der Waals surface area contributed by atoms with Gasteiger partial charge in [0.1, 0.15) is 0 Å². The molecule has 0 saturated carbocycles. The first-order valence-electron chi connectivity index (χ1n) is 8.40. The molecule has 2 heteroatoms. The summed E-state index contributed by atoms with van der Waals surface area (Å²) >= 11 is 0. The Bertz CT molecular complexity index is 367. The largest absolute Gasteiger partial charge is 0.316 e. The van der Waals surface area contributed by atoms with Gasteiger partial charge in [-0.2, -0.15) is 0 Å². The predicted octanol–water partition coefficient (Wildman–Crippen LogP) is 3.60. The van der Waals surface area contributed by atoms with E-state index in [1.807, 2.05) is 0 Å². The van der Waals surface area contributed by atoms with Crippen molar-refractivity contribution in [2.24, 2.45) is 0 Å². The van der Waals surface area contributed by atoms with Crippen LogP contribution in [0.15, 0.2) is 24.3 Å². The summed E-state index contributed by atoms with van der Waals surface area (Å²) in [5.41, 5.74) is 3.06. The molecule has 1 N–H and O–H groups in total. The van der Waals surface area contributed by atoms with Gasteiger partial charge in [0, 0.05) is 6.54 Å². The van der Waals surface area contributed by atoms with E-state index in [0.29, 0.717) is 0 Å². The summed E-state index contributed by atoms with van der Waals surface area (Å²) in [6.07, 6.45) is 7.96. The van der Waals surface area contributed by atoms with E-state index in [9.17, 15) is 0 Å². The second-order valence-electron chi connectivity index (χ2n) is 5.96. The molecule has 20 heavy (non-hydrogen) atoms. The van der Waals surface area contributed by atoms with Gasteiger partial charge in [-0.3, -0.25) is 4.90 Å². The molecule has 2 nitrogen and oxygen atoms in total. The Morgan fingerprint density at radius 1 is 0.950 bits per heavy atom. The highest BCUT2D eigenvalue weighted by Gasteiger charge is 2.11. The first kappa shape index (κ1) is 15.5. The van der Waals surface area contributed by atoms with Crippen LogP contribution in [0, 0.1) is 0 Å². The molecule has 1 saturated heterocycles. The van der Waals surface area contributed by atoms with Crippen molar-refractivity contribution in [1.29, 1.82) is 0 Å². The molecule has 1 heterocycles. The normalized spacial score (nSPS) is 17.1. The van der Waals surface area contributed by atoms with Gasteiger partial charge in [0.25, 0.3) is 0 Å². The number of nitrogens with one attached hydrogen (secondary N) is 1. The molecule has 0 atom stereocenters. The van der Waals surface area contributed by atoms with Crippen LogP contribution >= 0.6 is 0 Å². The van der Waals surface area contributed by atoms with Crippen molar-refractivity contribution in [3.05, 3.63) is 35.4 Å². The third-order valence-electron chi connectivity index (χ3n) is 4.21. The Balaban J connectivity index is 1.89. The van der Waals surface area contributed by atoms with Crippen LogP contribution in [-0.4, -0.2) is 31.1 Å². The van der Waals surface area contributed by atoms with E-state index < -0.39 is 0 Å². The fourth-order valence-electron chi connectivity index (χ4n) is 3.02. The lowest BCUT2D eigenvalue weighted by Crippen LogP contribution is -2.25. The minimum absolute atomic E-state index is 1.10. The zero-order chi connectivity index (χ0) is 14.0. The molecule has 1 aliphatic heterocycles. The van der Waals surface area contributed by atoms with Gasteiger partial charge in [-0.1, -0.05) is 44.0 Å². The molecule has 0 bridgehead atoms. The topological polar surface area (TPSA) is 15.3 Å². The molecule has 2 rings (SSSR count). The highest BCUT2D eigenvalue weighted by atomic mass is 15.1. The maximum Gasteiger partial charge on any atom is 0.0236 e. The van der Waals surface area contributed by atoms with Gasteiger partial charge in [0.2, 0.25) is 0 Å². The Kier molecular flexibility index (Phi) is 7.10. The summed E-state index contributed by atoms with van der Waals surface area (Å²) in [5, 5.41) is 3.51. The lowest BCUT2D eigenvalue weighted by atomic mass is 10.0. The summed E-state index contributed by atoms with van der Waals surface area (Å²) in [7, 11) is 0. The molecule has 1 aliphatic rings. The summed E-state index contributed by atoms with van der Waals surface area (Å²) < 4.78 is 0. The molecule has 0 unspecified atom stereocenters. The molecule has 1 aromatic rings. The van der Waals surface area contributed by atoms with Crippen LogP contribution < -0.4 is 5.32 Å². The number of benzene rings is 1. The van der Waals surface area contributed by atoms with Crippen molar-refractivity contribution in [3.8, 4) is 0 Å². The Morgan fingerprint density at radius 3 is 2.35 bits per heavy atom. The molecular weight excluding hydrogens is 244 g/mol. The van der Waals surface area contributed by atoms with Gasteiger partial charge < -0.3 is 5.32 Å². The lowest BCUT2D eigenvalue weighted by molar-refractivity contribution is 0.276. The van der Waals surface area contributed by atoms with Crippen LogP contribution in [-0.2, 0) is 13.0 Å². The number of hydrogen-bond acceptors (Lipinski definition) is 2. The van der Waals surface area contributed by atoms with E-state index in [2.05, 4.69) is 41.4 Å². The highest BCUT2D eigenvalue weighted by molar-refractivity contribution is 5.27. The van der Waals surface area contributed by atoms with Gasteiger partial charge >= 0.3 is 0 Å². The van der Waals surface area contributed by atoms with Crippen molar-refractivity contribution in [2.45, 2.75) is 52.0 Å². The van der Waals surface area contributed by atoms with Crippen LogP contribution in [0.2, 0.25) is 0 Å². The van der Waals surface area contributed by atoms with Gasteiger partial charge in [0.15, 0.2) is 0 Å². The summed E-state index contributed by atoms with van der Waals surface area (Å²) in [6.45, 7) is 8.16. The third kappa shape index (κ3) is 5.26. The first-order chi connectivity index (χ1) is 9.90. The van der Waals surface area contributed by atoms with Gasteiger partial charge in [0.05, 0.1) is 0 Å². The maximum atomic E-state index is 3.51. The Labute approximate surface area is 124 Å². The van der Waals surface area contributed by atoms with Crippen molar-refractivity contribution >= 4 is 0 Å². The van der Waals surface area contributed by atoms with Crippen LogP contribution in [0.3, 0.4) is 0 Å². The number of hydrogen-bond donors (Lipinski definition) is 1. The van der Waals surface area contributed by atoms with Crippen molar-refractivity contribution in [2.75, 3.05) is 26.2 Å². The van der Waals surface area contributed by atoms with Gasteiger partial charge in [-0.05, 0) is 63.0 Å². The van der Waals surface area contributed by atoms with E-state index in [1.54, 1.807) is 0 Å².